The number of fused-ring (bicyclic) bond motifs is 3. The topological polar surface area (TPSA) is 65.2 Å². The molecule has 0 saturated carbocycles. The summed E-state index contributed by atoms with van der Waals surface area (Å²) in [6.07, 6.45) is 4.76. The van der Waals surface area contributed by atoms with Gasteiger partial charge in [0.25, 0.3) is 0 Å². The summed E-state index contributed by atoms with van der Waals surface area (Å²) in [5.74, 6) is 1.92. The van der Waals surface area contributed by atoms with Gasteiger partial charge >= 0.3 is 5.97 Å². The zero-order valence-electron chi connectivity index (χ0n) is 14.1. The van der Waals surface area contributed by atoms with Gasteiger partial charge < -0.3 is 9.15 Å². The lowest BCUT2D eigenvalue weighted by molar-refractivity contribution is 0.0563. The quantitative estimate of drug-likeness (QED) is 0.379. The fourth-order valence-electron chi connectivity index (χ4n) is 3.14. The van der Waals surface area contributed by atoms with Crippen molar-refractivity contribution in [2.75, 3.05) is 7.11 Å². The van der Waals surface area contributed by atoms with E-state index in [9.17, 15) is 4.79 Å². The highest BCUT2D eigenvalue weighted by Crippen LogP contribution is 2.40. The molecule has 4 rings (SSSR count). The highest BCUT2D eigenvalue weighted by atomic mass is 32.2. The lowest BCUT2D eigenvalue weighted by atomic mass is 9.97. The number of esters is 1. The van der Waals surface area contributed by atoms with E-state index in [0.717, 1.165) is 34.3 Å². The fraction of sp³-hybridized carbons (Fsp3) is 0.389. The van der Waals surface area contributed by atoms with Crippen molar-refractivity contribution in [1.29, 1.82) is 0 Å². The van der Waals surface area contributed by atoms with Crippen LogP contribution in [0.3, 0.4) is 0 Å². The van der Waals surface area contributed by atoms with Crippen LogP contribution in [0.25, 0.3) is 10.2 Å². The molecule has 7 heteroatoms. The molecule has 3 aromatic rings. The average Bonchev–Trinajstić information content (AvgIpc) is 3.23. The number of carbonyl (C=O) groups is 1. The molecule has 0 bridgehead atoms. The summed E-state index contributed by atoms with van der Waals surface area (Å²) in [4.78, 5) is 23.4. The number of methoxy groups -OCH3 is 1. The van der Waals surface area contributed by atoms with Crippen molar-refractivity contribution in [2.45, 2.75) is 43.4 Å². The van der Waals surface area contributed by atoms with Gasteiger partial charge in [0.15, 0.2) is 0 Å². The molecule has 0 fully saturated rings. The molecule has 0 aliphatic heterocycles. The predicted octanol–water partition coefficient (Wildman–Crippen LogP) is 4.55. The number of carbonyl (C=O) groups excluding carboxylic acids is 1. The van der Waals surface area contributed by atoms with E-state index in [4.69, 9.17) is 4.42 Å². The van der Waals surface area contributed by atoms with E-state index < -0.39 is 5.97 Å². The van der Waals surface area contributed by atoms with E-state index >= 15 is 0 Å². The molecule has 0 atom stereocenters. The first-order valence-corrected chi connectivity index (χ1v) is 10.0. The Kier molecular flexibility index (Phi) is 4.52. The third-order valence-corrected chi connectivity index (χ3v) is 6.48. The van der Waals surface area contributed by atoms with Gasteiger partial charge in [-0.25, -0.2) is 14.8 Å². The molecule has 5 nitrogen and oxygen atoms in total. The second-order valence-electron chi connectivity index (χ2n) is 6.01. The standard InChI is InChI=1S/C18H18N2O3S2/c1-10-19-16(24-9-11-7-8-13(23-11)18(21)22-2)15-12-5-3-4-6-14(12)25-17(15)20-10/h7-8H,3-6,9H2,1-2H3. The Balaban J connectivity index is 1.63. The van der Waals surface area contributed by atoms with Crippen molar-refractivity contribution in [3.8, 4) is 0 Å². The summed E-state index contributed by atoms with van der Waals surface area (Å²) < 4.78 is 10.2. The van der Waals surface area contributed by atoms with Gasteiger partial charge in [-0.3, -0.25) is 0 Å². The first-order chi connectivity index (χ1) is 12.2. The van der Waals surface area contributed by atoms with Gasteiger partial charge in [-0.1, -0.05) is 11.8 Å². The van der Waals surface area contributed by atoms with Crippen LogP contribution in [0.2, 0.25) is 0 Å². The molecule has 1 aliphatic rings. The van der Waals surface area contributed by atoms with Crippen molar-refractivity contribution < 1.29 is 13.9 Å². The lowest BCUT2D eigenvalue weighted by Gasteiger charge is -2.11. The summed E-state index contributed by atoms with van der Waals surface area (Å²) in [6, 6.07) is 3.46. The maximum Gasteiger partial charge on any atom is 0.373 e. The van der Waals surface area contributed by atoms with E-state index in [0.29, 0.717) is 5.75 Å². The van der Waals surface area contributed by atoms with Gasteiger partial charge in [-0.05, 0) is 50.3 Å². The number of hydrogen-bond acceptors (Lipinski definition) is 7. The fourth-order valence-corrected chi connectivity index (χ4v) is 5.50. The molecule has 3 heterocycles. The molecule has 0 N–H and O–H groups in total. The van der Waals surface area contributed by atoms with Gasteiger partial charge in [-0.2, -0.15) is 0 Å². The number of thiophene rings is 1. The zero-order valence-corrected chi connectivity index (χ0v) is 15.8. The van der Waals surface area contributed by atoms with Crippen molar-refractivity contribution in [3.63, 3.8) is 0 Å². The van der Waals surface area contributed by atoms with Gasteiger partial charge in [0.2, 0.25) is 5.76 Å². The van der Waals surface area contributed by atoms with Crippen LogP contribution in [0.15, 0.2) is 21.6 Å². The van der Waals surface area contributed by atoms with E-state index in [1.54, 1.807) is 17.8 Å². The molecule has 130 valence electrons. The maximum atomic E-state index is 11.5. The summed E-state index contributed by atoms with van der Waals surface area (Å²) in [5.41, 5.74) is 1.43. The number of aromatic nitrogens is 2. The van der Waals surface area contributed by atoms with Crippen LogP contribution in [0, 0.1) is 6.92 Å². The number of nitrogens with zero attached hydrogens (tertiary/aromatic N) is 2. The van der Waals surface area contributed by atoms with Crippen LogP contribution in [0.1, 0.15) is 45.4 Å². The molecule has 0 amide bonds. The third kappa shape index (κ3) is 3.18. The largest absolute Gasteiger partial charge is 0.463 e. The maximum absolute atomic E-state index is 11.5. The van der Waals surface area contributed by atoms with E-state index in [1.807, 2.05) is 24.3 Å². The van der Waals surface area contributed by atoms with Crippen molar-refractivity contribution in [2.24, 2.45) is 0 Å². The first kappa shape index (κ1) is 16.6. The summed E-state index contributed by atoms with van der Waals surface area (Å²) in [7, 11) is 1.35. The summed E-state index contributed by atoms with van der Waals surface area (Å²) >= 11 is 3.45. The molecule has 0 spiro atoms. The van der Waals surface area contributed by atoms with E-state index in [-0.39, 0.29) is 5.76 Å². The minimum absolute atomic E-state index is 0.232. The molecule has 25 heavy (non-hydrogen) atoms. The van der Waals surface area contributed by atoms with Crippen LogP contribution in [0.5, 0.6) is 0 Å². The number of aryl methyl sites for hydroxylation is 3. The molecule has 3 aromatic heterocycles. The molecule has 0 unspecified atom stereocenters. The third-order valence-electron chi connectivity index (χ3n) is 4.29. The Bertz CT molecular complexity index is 945. The van der Waals surface area contributed by atoms with Crippen LogP contribution < -0.4 is 0 Å². The zero-order chi connectivity index (χ0) is 17.4. The SMILES string of the molecule is COC(=O)c1ccc(CSc2nc(C)nc3sc4c(c23)CCCC4)o1. The first-order valence-electron chi connectivity index (χ1n) is 8.24. The average molecular weight is 374 g/mol. The van der Waals surface area contributed by atoms with E-state index in [1.165, 1.54) is 35.8 Å². The summed E-state index contributed by atoms with van der Waals surface area (Å²) in [6.45, 7) is 1.93. The van der Waals surface area contributed by atoms with Gasteiger partial charge in [0.05, 0.1) is 12.9 Å². The smallest absolute Gasteiger partial charge is 0.373 e. The molecular formula is C18H18N2O3S2. The van der Waals surface area contributed by atoms with Gasteiger partial charge in [-0.15, -0.1) is 11.3 Å². The Hall–Kier alpha value is -1.86. The van der Waals surface area contributed by atoms with Crippen molar-refractivity contribution in [1.82, 2.24) is 9.97 Å². The summed E-state index contributed by atoms with van der Waals surface area (Å²) in [5, 5.41) is 2.23. The second-order valence-corrected chi connectivity index (χ2v) is 8.06. The number of hydrogen-bond donors (Lipinski definition) is 0. The Morgan fingerprint density at radius 3 is 3.00 bits per heavy atom. The van der Waals surface area contributed by atoms with Crippen LogP contribution in [-0.4, -0.2) is 23.0 Å². The highest BCUT2D eigenvalue weighted by Gasteiger charge is 2.21. The van der Waals surface area contributed by atoms with Crippen LogP contribution in [-0.2, 0) is 23.3 Å². The predicted molar refractivity (Wildman–Crippen MR) is 98.4 cm³/mol. The van der Waals surface area contributed by atoms with Crippen molar-refractivity contribution >= 4 is 39.3 Å². The molecular weight excluding hydrogens is 356 g/mol. The minimum Gasteiger partial charge on any atom is -0.463 e. The van der Waals surface area contributed by atoms with Crippen molar-refractivity contribution in [3.05, 3.63) is 39.9 Å². The number of ether oxygens (including phenoxy) is 1. The lowest BCUT2D eigenvalue weighted by Crippen LogP contribution is -1.99. The molecule has 0 radical (unpaired) electrons. The van der Waals surface area contributed by atoms with Gasteiger partial charge in [0, 0.05) is 10.3 Å². The number of furan rings is 1. The Morgan fingerprint density at radius 2 is 2.16 bits per heavy atom. The minimum atomic E-state index is -0.455. The number of rotatable bonds is 4. The number of thioether (sulfide) groups is 1. The van der Waals surface area contributed by atoms with Crippen LogP contribution >= 0.6 is 23.1 Å². The van der Waals surface area contributed by atoms with Gasteiger partial charge in [0.1, 0.15) is 21.4 Å². The second kappa shape index (κ2) is 6.80. The normalized spacial score (nSPS) is 13.8. The van der Waals surface area contributed by atoms with Crippen LogP contribution in [0.4, 0.5) is 0 Å². The van der Waals surface area contributed by atoms with E-state index in [2.05, 4.69) is 14.7 Å². The molecule has 0 saturated heterocycles. The Morgan fingerprint density at radius 1 is 1.32 bits per heavy atom. The molecule has 0 aromatic carbocycles. The Labute approximate surface area is 153 Å². The highest BCUT2D eigenvalue weighted by molar-refractivity contribution is 7.98. The monoisotopic (exact) mass is 374 g/mol. The molecule has 1 aliphatic carbocycles.